The van der Waals surface area contributed by atoms with E-state index >= 15 is 0 Å². The Kier molecular flexibility index (Phi) is 13.6. The van der Waals surface area contributed by atoms with Crippen molar-refractivity contribution in [2.24, 2.45) is 5.92 Å². The maximum Gasteiger partial charge on any atom is 0.119 e. The standard InChI is InChI=1S/C27H42NO2.ClH/c1-24(2)11-7-5-8-12-25-15-17-26(18-16-25)23-28(3,4)19-20-29-21-22-30-27-13-9-6-10-14-27;/h6,9-10,13-18,24H,5,7-8,11-12,19-23H2,1-4H3;1H/q+1;/p-1. The van der Waals surface area contributed by atoms with Crippen molar-refractivity contribution in [2.45, 2.75) is 52.5 Å². The maximum atomic E-state index is 5.79. The lowest BCUT2D eigenvalue weighted by atomic mass is 10.0. The number of likely N-dealkylation sites (N-methyl/N-ethyl adjacent to an activating group) is 1. The number of quaternary nitrogens is 1. The van der Waals surface area contributed by atoms with Crippen LogP contribution in [0.4, 0.5) is 0 Å². The quantitative estimate of drug-likeness (QED) is 0.308. The van der Waals surface area contributed by atoms with Crippen molar-refractivity contribution in [3.63, 3.8) is 0 Å². The Morgan fingerprint density at radius 1 is 0.774 bits per heavy atom. The van der Waals surface area contributed by atoms with Crippen LogP contribution in [0.2, 0.25) is 0 Å². The molecule has 0 heterocycles. The van der Waals surface area contributed by atoms with Gasteiger partial charge < -0.3 is 26.4 Å². The van der Waals surface area contributed by atoms with E-state index in [1.54, 1.807) is 0 Å². The average Bonchev–Trinajstić information content (AvgIpc) is 2.72. The monoisotopic (exact) mass is 447 g/mol. The zero-order valence-electron chi connectivity index (χ0n) is 20.0. The lowest BCUT2D eigenvalue weighted by Crippen LogP contribution is -3.00. The van der Waals surface area contributed by atoms with Gasteiger partial charge in [-0.3, -0.25) is 0 Å². The van der Waals surface area contributed by atoms with Crippen LogP contribution in [-0.4, -0.2) is 44.9 Å². The Balaban J connectivity index is 0.00000480. The van der Waals surface area contributed by atoms with Crippen LogP contribution in [0.15, 0.2) is 54.6 Å². The van der Waals surface area contributed by atoms with Crippen molar-refractivity contribution in [1.29, 1.82) is 0 Å². The highest BCUT2D eigenvalue weighted by molar-refractivity contribution is 5.22. The van der Waals surface area contributed by atoms with Gasteiger partial charge in [0.05, 0.1) is 27.3 Å². The zero-order valence-corrected chi connectivity index (χ0v) is 20.7. The number of hydrogen-bond acceptors (Lipinski definition) is 2. The van der Waals surface area contributed by atoms with E-state index in [4.69, 9.17) is 9.47 Å². The minimum absolute atomic E-state index is 0. The van der Waals surface area contributed by atoms with Gasteiger partial charge in [-0.1, -0.05) is 75.6 Å². The molecule has 31 heavy (non-hydrogen) atoms. The van der Waals surface area contributed by atoms with Crippen molar-refractivity contribution in [1.82, 2.24) is 0 Å². The molecule has 2 aromatic rings. The fourth-order valence-electron chi connectivity index (χ4n) is 3.59. The number of benzene rings is 2. The van der Waals surface area contributed by atoms with E-state index in [2.05, 4.69) is 52.2 Å². The number of unbranched alkanes of at least 4 members (excludes halogenated alkanes) is 2. The minimum atomic E-state index is 0. The van der Waals surface area contributed by atoms with Gasteiger partial charge in [0.15, 0.2) is 0 Å². The zero-order chi connectivity index (χ0) is 21.7. The molecule has 0 radical (unpaired) electrons. The van der Waals surface area contributed by atoms with Gasteiger partial charge in [-0.25, -0.2) is 0 Å². The smallest absolute Gasteiger partial charge is 0.119 e. The molecule has 0 amide bonds. The van der Waals surface area contributed by atoms with Gasteiger partial charge >= 0.3 is 0 Å². The summed E-state index contributed by atoms with van der Waals surface area (Å²) in [6.45, 7) is 8.61. The minimum Gasteiger partial charge on any atom is -1.00 e. The first-order valence-corrected chi connectivity index (χ1v) is 11.6. The van der Waals surface area contributed by atoms with Gasteiger partial charge in [-0.05, 0) is 36.5 Å². The highest BCUT2D eigenvalue weighted by Crippen LogP contribution is 2.14. The van der Waals surface area contributed by atoms with Crippen molar-refractivity contribution in [3.8, 4) is 5.75 Å². The summed E-state index contributed by atoms with van der Waals surface area (Å²) >= 11 is 0. The number of aryl methyl sites for hydroxylation is 1. The molecule has 4 heteroatoms. The predicted molar refractivity (Wildman–Crippen MR) is 127 cm³/mol. The first kappa shape index (κ1) is 27.5. The van der Waals surface area contributed by atoms with Crippen LogP contribution in [0.25, 0.3) is 0 Å². The lowest BCUT2D eigenvalue weighted by Gasteiger charge is -2.29. The van der Waals surface area contributed by atoms with Crippen LogP contribution in [0.5, 0.6) is 5.75 Å². The summed E-state index contributed by atoms with van der Waals surface area (Å²) < 4.78 is 12.4. The predicted octanol–water partition coefficient (Wildman–Crippen LogP) is 3.12. The Morgan fingerprint density at radius 2 is 1.45 bits per heavy atom. The van der Waals surface area contributed by atoms with Crippen molar-refractivity contribution >= 4 is 0 Å². The molecule has 0 spiro atoms. The normalized spacial score (nSPS) is 11.4. The maximum absolute atomic E-state index is 5.79. The van der Waals surface area contributed by atoms with Gasteiger partial charge in [-0.2, -0.15) is 0 Å². The van der Waals surface area contributed by atoms with Crippen molar-refractivity contribution in [2.75, 3.05) is 40.5 Å². The molecule has 2 aromatic carbocycles. The summed E-state index contributed by atoms with van der Waals surface area (Å²) in [6, 6.07) is 19.1. The number of para-hydroxylation sites is 1. The van der Waals surface area contributed by atoms with E-state index in [9.17, 15) is 0 Å². The molecule has 0 aromatic heterocycles. The first-order valence-electron chi connectivity index (χ1n) is 11.6. The highest BCUT2D eigenvalue weighted by atomic mass is 35.5. The average molecular weight is 448 g/mol. The Hall–Kier alpha value is -1.55. The Morgan fingerprint density at radius 3 is 2.13 bits per heavy atom. The Labute approximate surface area is 196 Å². The van der Waals surface area contributed by atoms with Crippen LogP contribution in [0.1, 0.15) is 50.7 Å². The van der Waals surface area contributed by atoms with Crippen molar-refractivity contribution in [3.05, 3.63) is 65.7 Å². The SMILES string of the molecule is CC(C)CCCCCc1ccc(C[N+](C)(C)CCOCCOc2ccccc2)cc1.[Cl-]. The molecular weight excluding hydrogens is 406 g/mol. The van der Waals surface area contributed by atoms with E-state index < -0.39 is 0 Å². The number of hydrogen-bond donors (Lipinski definition) is 0. The molecular formula is C27H42ClNO2. The van der Waals surface area contributed by atoms with Gasteiger partial charge in [0, 0.05) is 5.56 Å². The number of rotatable bonds is 15. The van der Waals surface area contributed by atoms with E-state index in [1.165, 1.54) is 43.2 Å². The topological polar surface area (TPSA) is 18.5 Å². The highest BCUT2D eigenvalue weighted by Gasteiger charge is 2.15. The third kappa shape index (κ3) is 12.8. The second-order valence-electron chi connectivity index (χ2n) is 9.40. The second kappa shape index (κ2) is 15.3. The summed E-state index contributed by atoms with van der Waals surface area (Å²) in [5.74, 6) is 1.73. The molecule has 174 valence electrons. The van der Waals surface area contributed by atoms with Crippen LogP contribution < -0.4 is 17.1 Å². The van der Waals surface area contributed by atoms with Crippen LogP contribution in [-0.2, 0) is 17.7 Å². The molecule has 0 bridgehead atoms. The number of nitrogens with zero attached hydrogens (tertiary/aromatic N) is 1. The summed E-state index contributed by atoms with van der Waals surface area (Å²) in [6.07, 6.45) is 6.58. The van der Waals surface area contributed by atoms with Crippen molar-refractivity contribution < 1.29 is 26.4 Å². The second-order valence-corrected chi connectivity index (χ2v) is 9.40. The van der Waals surface area contributed by atoms with Crippen LogP contribution in [0.3, 0.4) is 0 Å². The molecule has 0 aliphatic rings. The molecule has 0 saturated heterocycles. The lowest BCUT2D eigenvalue weighted by molar-refractivity contribution is -0.904. The summed E-state index contributed by atoms with van der Waals surface area (Å²) in [7, 11) is 4.54. The summed E-state index contributed by atoms with van der Waals surface area (Å²) in [5, 5.41) is 0. The molecule has 3 nitrogen and oxygen atoms in total. The third-order valence-corrected chi connectivity index (χ3v) is 5.46. The van der Waals surface area contributed by atoms with Crippen LogP contribution >= 0.6 is 0 Å². The molecule has 0 saturated carbocycles. The molecule has 2 rings (SSSR count). The Bertz CT molecular complexity index is 686. The molecule has 0 N–H and O–H groups in total. The van der Waals surface area contributed by atoms with Gasteiger partial charge in [0.1, 0.15) is 25.4 Å². The van der Waals surface area contributed by atoms with E-state index in [1.807, 2.05) is 30.3 Å². The number of ether oxygens (including phenoxy) is 2. The van der Waals surface area contributed by atoms with E-state index in [-0.39, 0.29) is 12.4 Å². The molecule has 0 unspecified atom stereocenters. The van der Waals surface area contributed by atoms with E-state index in [0.717, 1.165) is 35.8 Å². The van der Waals surface area contributed by atoms with Gasteiger partial charge in [0.2, 0.25) is 0 Å². The largest absolute Gasteiger partial charge is 1.00 e. The summed E-state index contributed by atoms with van der Waals surface area (Å²) in [5.41, 5.74) is 2.87. The molecule has 0 atom stereocenters. The summed E-state index contributed by atoms with van der Waals surface area (Å²) in [4.78, 5) is 0. The third-order valence-electron chi connectivity index (χ3n) is 5.46. The number of halogens is 1. The fraction of sp³-hybridized carbons (Fsp3) is 0.556. The van der Waals surface area contributed by atoms with Gasteiger partial charge in [-0.15, -0.1) is 0 Å². The first-order chi connectivity index (χ1) is 14.4. The molecule has 0 fully saturated rings. The molecule has 0 aliphatic heterocycles. The fourth-order valence-corrected chi connectivity index (χ4v) is 3.59. The molecule has 0 aliphatic carbocycles. The van der Waals surface area contributed by atoms with E-state index in [0.29, 0.717) is 13.2 Å². The van der Waals surface area contributed by atoms with Crippen LogP contribution in [0, 0.1) is 5.92 Å². The van der Waals surface area contributed by atoms with Gasteiger partial charge in [0.25, 0.3) is 0 Å².